The molecule has 0 saturated carbocycles. The Labute approximate surface area is 110 Å². The summed E-state index contributed by atoms with van der Waals surface area (Å²) in [4.78, 5) is 24.9. The van der Waals surface area contributed by atoms with Crippen LogP contribution in [0.15, 0.2) is 0 Å². The van der Waals surface area contributed by atoms with Gasteiger partial charge in [-0.1, -0.05) is 6.92 Å². The number of aliphatic hydroxyl groups excluding tert-OH is 1. The predicted molar refractivity (Wildman–Crippen MR) is 66.9 cm³/mol. The number of carbonyl (C=O) groups is 2. The quantitative estimate of drug-likeness (QED) is 0.595. The van der Waals surface area contributed by atoms with Gasteiger partial charge in [0, 0.05) is 12.6 Å². The van der Waals surface area contributed by atoms with Gasteiger partial charge in [0.25, 0.3) is 0 Å². The number of hydrogen-bond acceptors (Lipinski definition) is 5. The molecule has 5 atom stereocenters. The fraction of sp³-hybridized carbons (Fsp3) is 0.818. The maximum absolute atomic E-state index is 11.8. The lowest BCUT2D eigenvalue weighted by Crippen LogP contribution is -2.61. The summed E-state index contributed by atoms with van der Waals surface area (Å²) in [5.74, 6) is -1.65. The van der Waals surface area contributed by atoms with Gasteiger partial charge in [0.05, 0.1) is 17.4 Å². The van der Waals surface area contributed by atoms with Crippen molar-refractivity contribution in [3.05, 3.63) is 0 Å². The first-order valence-electron chi connectivity index (χ1n) is 6.00. The number of aliphatic hydroxyl groups is 1. The van der Waals surface area contributed by atoms with E-state index in [0.717, 1.165) is 0 Å². The molecule has 0 aliphatic carbocycles. The molecule has 2 fully saturated rings. The lowest BCUT2D eigenvalue weighted by Gasteiger charge is -2.42. The number of aliphatic carboxylic acids is 1. The van der Waals surface area contributed by atoms with E-state index in [2.05, 4.69) is 0 Å². The molecule has 4 N–H and O–H groups in total. The Morgan fingerprint density at radius 2 is 2.33 bits per heavy atom. The molecular formula is C11H18N2O4S. The summed E-state index contributed by atoms with van der Waals surface area (Å²) >= 11 is 1.21. The second kappa shape index (κ2) is 4.40. The first-order chi connectivity index (χ1) is 8.35. The minimum Gasteiger partial charge on any atom is -0.480 e. The molecule has 3 unspecified atom stereocenters. The van der Waals surface area contributed by atoms with E-state index in [-0.39, 0.29) is 17.8 Å². The van der Waals surface area contributed by atoms with Gasteiger partial charge in [-0.3, -0.25) is 9.59 Å². The van der Waals surface area contributed by atoms with Crippen LogP contribution in [0.3, 0.4) is 0 Å². The van der Waals surface area contributed by atoms with Gasteiger partial charge in [-0.05, 0) is 13.3 Å². The zero-order valence-corrected chi connectivity index (χ0v) is 11.2. The Hall–Kier alpha value is -0.790. The molecule has 2 heterocycles. The molecule has 1 amide bonds. The molecule has 0 bridgehead atoms. The third-order valence-electron chi connectivity index (χ3n) is 3.84. The van der Waals surface area contributed by atoms with Crippen LogP contribution in [0.5, 0.6) is 0 Å². The summed E-state index contributed by atoms with van der Waals surface area (Å²) in [7, 11) is 0. The SMILES string of the molecule is CCC(N)C1(C(=O)O)CN2C(=O)[C@H](C(C)O)[C@H]2S1. The van der Waals surface area contributed by atoms with Crippen LogP contribution in [0, 0.1) is 5.92 Å². The number of nitrogens with zero attached hydrogens (tertiary/aromatic N) is 1. The van der Waals surface area contributed by atoms with Gasteiger partial charge < -0.3 is 20.8 Å². The first-order valence-corrected chi connectivity index (χ1v) is 6.88. The number of hydrogen-bond donors (Lipinski definition) is 3. The van der Waals surface area contributed by atoms with Crippen molar-refractivity contribution in [3.63, 3.8) is 0 Å². The molecule has 2 aliphatic heterocycles. The fourth-order valence-electron chi connectivity index (χ4n) is 2.62. The molecule has 0 aromatic rings. The smallest absolute Gasteiger partial charge is 0.323 e. The Kier molecular flexibility index (Phi) is 3.33. The first kappa shape index (κ1) is 13.6. The highest BCUT2D eigenvalue weighted by Crippen LogP contribution is 2.52. The van der Waals surface area contributed by atoms with E-state index in [1.165, 1.54) is 16.7 Å². The van der Waals surface area contributed by atoms with Gasteiger partial charge >= 0.3 is 5.97 Å². The van der Waals surface area contributed by atoms with Crippen LogP contribution in [0.2, 0.25) is 0 Å². The van der Waals surface area contributed by atoms with Crippen LogP contribution in [0.1, 0.15) is 20.3 Å². The summed E-state index contributed by atoms with van der Waals surface area (Å²) in [6, 6.07) is -0.506. The summed E-state index contributed by atoms with van der Waals surface area (Å²) in [5.41, 5.74) is 5.93. The summed E-state index contributed by atoms with van der Waals surface area (Å²) in [6.07, 6.45) is -0.221. The minimum absolute atomic E-state index is 0.134. The monoisotopic (exact) mass is 274 g/mol. The molecule has 0 spiro atoms. The maximum Gasteiger partial charge on any atom is 0.323 e. The van der Waals surface area contributed by atoms with Gasteiger partial charge in [0.15, 0.2) is 0 Å². The molecule has 7 heteroatoms. The van der Waals surface area contributed by atoms with Crippen molar-refractivity contribution in [1.29, 1.82) is 0 Å². The average molecular weight is 274 g/mol. The number of nitrogens with two attached hydrogens (primary N) is 1. The third kappa shape index (κ3) is 1.64. The highest BCUT2D eigenvalue weighted by Gasteiger charge is 2.64. The standard InChI is InChI=1S/C11H18N2O4S/c1-3-6(12)11(10(16)17)4-13-8(15)7(5(2)14)9(13)18-11/h5-7,9,14H,3-4,12H2,1-2H3,(H,16,17)/t5?,6?,7-,9+,11?/m0/s1. The third-order valence-corrected chi connectivity index (χ3v) is 5.66. The van der Waals surface area contributed by atoms with Crippen LogP contribution in [-0.4, -0.2) is 55.8 Å². The van der Waals surface area contributed by atoms with Gasteiger partial charge in [0.1, 0.15) is 4.75 Å². The number of carboxylic acid groups (broad SMARTS) is 1. The maximum atomic E-state index is 11.8. The van der Waals surface area contributed by atoms with Crippen molar-refractivity contribution in [2.75, 3.05) is 6.54 Å². The number of β-lactam (4-membered cyclic amide) rings is 1. The number of amides is 1. The van der Waals surface area contributed by atoms with Gasteiger partial charge in [0.2, 0.25) is 5.91 Å². The summed E-state index contributed by atoms with van der Waals surface area (Å²) < 4.78 is -1.14. The topological polar surface area (TPSA) is 104 Å². The number of fused-ring (bicyclic) bond motifs is 1. The van der Waals surface area contributed by atoms with E-state index in [4.69, 9.17) is 5.73 Å². The molecule has 2 aliphatic rings. The molecule has 102 valence electrons. The van der Waals surface area contributed by atoms with Crippen LogP contribution in [0.25, 0.3) is 0 Å². The van der Waals surface area contributed by atoms with Crippen molar-refractivity contribution in [1.82, 2.24) is 4.90 Å². The van der Waals surface area contributed by atoms with Crippen molar-refractivity contribution in [3.8, 4) is 0 Å². The molecule has 0 aromatic heterocycles. The van der Waals surface area contributed by atoms with Crippen molar-refractivity contribution >= 4 is 23.6 Å². The van der Waals surface area contributed by atoms with Gasteiger partial charge in [-0.25, -0.2) is 0 Å². The Morgan fingerprint density at radius 3 is 2.78 bits per heavy atom. The van der Waals surface area contributed by atoms with E-state index >= 15 is 0 Å². The van der Waals surface area contributed by atoms with Crippen molar-refractivity contribution < 1.29 is 19.8 Å². The van der Waals surface area contributed by atoms with E-state index in [1.54, 1.807) is 6.92 Å². The second-order valence-electron chi connectivity index (χ2n) is 4.95. The van der Waals surface area contributed by atoms with Crippen molar-refractivity contribution in [2.24, 2.45) is 11.7 Å². The highest BCUT2D eigenvalue weighted by molar-refractivity contribution is 8.02. The number of carboxylic acids is 1. The molecule has 0 aromatic carbocycles. The fourth-order valence-corrected chi connectivity index (χ4v) is 4.50. The van der Waals surface area contributed by atoms with Gasteiger partial charge in [-0.15, -0.1) is 11.8 Å². The van der Waals surface area contributed by atoms with Crippen LogP contribution in [0.4, 0.5) is 0 Å². The molecule has 18 heavy (non-hydrogen) atoms. The lowest BCUT2D eigenvalue weighted by molar-refractivity contribution is -0.156. The number of thioether (sulfide) groups is 1. The summed E-state index contributed by atoms with van der Waals surface area (Å²) in [6.45, 7) is 3.52. The second-order valence-corrected chi connectivity index (χ2v) is 6.40. The van der Waals surface area contributed by atoms with Gasteiger partial charge in [-0.2, -0.15) is 0 Å². The Balaban J connectivity index is 2.25. The lowest BCUT2D eigenvalue weighted by atomic mass is 9.90. The van der Waals surface area contributed by atoms with Crippen LogP contribution < -0.4 is 5.73 Å². The average Bonchev–Trinajstić information content (AvgIpc) is 2.64. The highest BCUT2D eigenvalue weighted by atomic mass is 32.2. The van der Waals surface area contributed by atoms with E-state index in [9.17, 15) is 19.8 Å². The Morgan fingerprint density at radius 1 is 1.72 bits per heavy atom. The minimum atomic E-state index is -1.14. The van der Waals surface area contributed by atoms with Crippen molar-refractivity contribution in [2.45, 2.75) is 42.5 Å². The zero-order valence-electron chi connectivity index (χ0n) is 10.4. The summed E-state index contributed by atoms with van der Waals surface area (Å²) in [5, 5.41) is 18.7. The zero-order chi connectivity index (χ0) is 13.7. The number of rotatable bonds is 4. The normalized spacial score (nSPS) is 38.0. The molecule has 6 nitrogen and oxygen atoms in total. The Bertz CT molecular complexity index is 389. The molecular weight excluding hydrogens is 256 g/mol. The molecule has 0 radical (unpaired) electrons. The molecule has 2 saturated heterocycles. The largest absolute Gasteiger partial charge is 0.480 e. The van der Waals surface area contributed by atoms with E-state index in [1.807, 2.05) is 6.92 Å². The number of carbonyl (C=O) groups excluding carboxylic acids is 1. The predicted octanol–water partition coefficient (Wildman–Crippen LogP) is -0.541. The van der Waals surface area contributed by atoms with E-state index < -0.39 is 28.8 Å². The molecule has 2 rings (SSSR count). The van der Waals surface area contributed by atoms with Crippen LogP contribution in [-0.2, 0) is 9.59 Å². The van der Waals surface area contributed by atoms with Crippen LogP contribution >= 0.6 is 11.8 Å². The van der Waals surface area contributed by atoms with E-state index in [0.29, 0.717) is 6.42 Å².